The van der Waals surface area contributed by atoms with Crippen molar-refractivity contribution in [2.45, 2.75) is 38.6 Å². The van der Waals surface area contributed by atoms with Crippen LogP contribution >= 0.6 is 0 Å². The molecular formula is C18H24N2O4S. The fourth-order valence-corrected chi connectivity index (χ4v) is 4.85. The number of benzene rings is 1. The van der Waals surface area contributed by atoms with Gasteiger partial charge in [0.25, 0.3) is 0 Å². The summed E-state index contributed by atoms with van der Waals surface area (Å²) >= 11 is 0. The summed E-state index contributed by atoms with van der Waals surface area (Å²) in [5, 5.41) is 5.61. The Kier molecular flexibility index (Phi) is 4.86. The highest BCUT2D eigenvalue weighted by Gasteiger charge is 2.48. The summed E-state index contributed by atoms with van der Waals surface area (Å²) in [5.41, 5.74) is 1.93. The van der Waals surface area contributed by atoms with Gasteiger partial charge in [-0.1, -0.05) is 26.0 Å². The lowest BCUT2D eigenvalue weighted by atomic mass is 10.0. The SMILES string of the molecule is CC(C)c1ccc(NC(=O)C2CC2C(=O)NC2CCS(=O)(=O)C2)cc1. The molecule has 0 spiro atoms. The molecule has 1 aliphatic carbocycles. The Morgan fingerprint density at radius 1 is 1.08 bits per heavy atom. The Morgan fingerprint density at radius 2 is 1.72 bits per heavy atom. The van der Waals surface area contributed by atoms with Gasteiger partial charge in [0, 0.05) is 11.7 Å². The standard InChI is InChI=1S/C18H24N2O4S/c1-11(2)12-3-5-13(6-4-12)19-17(21)15-9-16(15)18(22)20-14-7-8-25(23,24)10-14/h3-6,11,14-16H,7-10H2,1-2H3,(H,19,21)(H,20,22). The summed E-state index contributed by atoms with van der Waals surface area (Å²) in [6.45, 7) is 4.22. The van der Waals surface area contributed by atoms with E-state index in [9.17, 15) is 18.0 Å². The first kappa shape index (κ1) is 17.9. The van der Waals surface area contributed by atoms with Crippen molar-refractivity contribution in [3.63, 3.8) is 0 Å². The number of hydrogen-bond donors (Lipinski definition) is 2. The largest absolute Gasteiger partial charge is 0.352 e. The highest BCUT2D eigenvalue weighted by Crippen LogP contribution is 2.39. The molecule has 136 valence electrons. The number of hydrogen-bond acceptors (Lipinski definition) is 4. The summed E-state index contributed by atoms with van der Waals surface area (Å²) in [7, 11) is -3.02. The third-order valence-electron chi connectivity index (χ3n) is 4.89. The molecule has 2 N–H and O–H groups in total. The molecule has 1 saturated carbocycles. The van der Waals surface area contributed by atoms with E-state index in [2.05, 4.69) is 24.5 Å². The van der Waals surface area contributed by atoms with Crippen LogP contribution in [-0.2, 0) is 19.4 Å². The number of nitrogens with one attached hydrogen (secondary N) is 2. The minimum absolute atomic E-state index is 0.00449. The lowest BCUT2D eigenvalue weighted by Gasteiger charge is -2.11. The predicted octanol–water partition coefficient (Wildman–Crippen LogP) is 1.69. The van der Waals surface area contributed by atoms with Crippen LogP contribution < -0.4 is 10.6 Å². The van der Waals surface area contributed by atoms with Crippen LogP contribution in [0.4, 0.5) is 5.69 Å². The number of rotatable bonds is 5. The number of carbonyl (C=O) groups excluding carboxylic acids is 2. The van der Waals surface area contributed by atoms with Gasteiger partial charge in [0.2, 0.25) is 11.8 Å². The van der Waals surface area contributed by atoms with Gasteiger partial charge in [-0.25, -0.2) is 8.42 Å². The Hall–Kier alpha value is -1.89. The van der Waals surface area contributed by atoms with Gasteiger partial charge in [-0.05, 0) is 36.5 Å². The molecule has 2 aliphatic rings. The Morgan fingerprint density at radius 3 is 2.28 bits per heavy atom. The summed E-state index contributed by atoms with van der Waals surface area (Å²) in [4.78, 5) is 24.4. The molecule has 7 heteroatoms. The average molecular weight is 364 g/mol. The topological polar surface area (TPSA) is 92.3 Å². The molecule has 1 aromatic carbocycles. The molecule has 1 aromatic rings. The van der Waals surface area contributed by atoms with Gasteiger partial charge in [0.05, 0.1) is 23.3 Å². The van der Waals surface area contributed by atoms with E-state index >= 15 is 0 Å². The number of amides is 2. The fraction of sp³-hybridized carbons (Fsp3) is 0.556. The van der Waals surface area contributed by atoms with Crippen LogP contribution in [0.2, 0.25) is 0 Å². The van der Waals surface area contributed by atoms with E-state index < -0.39 is 9.84 Å². The van der Waals surface area contributed by atoms with Crippen LogP contribution in [0, 0.1) is 11.8 Å². The molecule has 0 aromatic heterocycles. The van der Waals surface area contributed by atoms with Crippen LogP contribution in [0.5, 0.6) is 0 Å². The molecule has 0 bridgehead atoms. The van der Waals surface area contributed by atoms with Crippen molar-refractivity contribution in [3.05, 3.63) is 29.8 Å². The monoisotopic (exact) mass is 364 g/mol. The summed E-state index contributed by atoms with van der Waals surface area (Å²) in [5.74, 6) is -0.487. The van der Waals surface area contributed by atoms with Crippen molar-refractivity contribution in [2.75, 3.05) is 16.8 Å². The molecule has 0 radical (unpaired) electrons. The van der Waals surface area contributed by atoms with Crippen LogP contribution in [0.25, 0.3) is 0 Å². The lowest BCUT2D eigenvalue weighted by molar-refractivity contribution is -0.125. The van der Waals surface area contributed by atoms with Crippen LogP contribution in [0.1, 0.15) is 38.2 Å². The molecule has 3 rings (SSSR count). The van der Waals surface area contributed by atoms with Crippen molar-refractivity contribution in [1.29, 1.82) is 0 Å². The number of anilines is 1. The number of carbonyl (C=O) groups is 2. The van der Waals surface area contributed by atoms with Gasteiger partial charge in [0.15, 0.2) is 9.84 Å². The van der Waals surface area contributed by atoms with Gasteiger partial charge in [-0.2, -0.15) is 0 Å². The molecule has 6 nitrogen and oxygen atoms in total. The summed E-state index contributed by atoms with van der Waals surface area (Å²) in [6, 6.07) is 7.39. The van der Waals surface area contributed by atoms with E-state index in [1.807, 2.05) is 24.3 Å². The zero-order valence-electron chi connectivity index (χ0n) is 14.5. The van der Waals surface area contributed by atoms with E-state index in [1.165, 1.54) is 5.56 Å². The van der Waals surface area contributed by atoms with E-state index in [4.69, 9.17) is 0 Å². The molecule has 3 atom stereocenters. The van der Waals surface area contributed by atoms with Gasteiger partial charge < -0.3 is 10.6 Å². The summed E-state index contributed by atoms with van der Waals surface area (Å²) < 4.78 is 22.9. The second kappa shape index (κ2) is 6.78. The molecule has 1 aliphatic heterocycles. The van der Waals surface area contributed by atoms with Crippen molar-refractivity contribution in [2.24, 2.45) is 11.8 Å². The zero-order valence-corrected chi connectivity index (χ0v) is 15.3. The van der Waals surface area contributed by atoms with Crippen molar-refractivity contribution < 1.29 is 18.0 Å². The van der Waals surface area contributed by atoms with E-state index in [0.29, 0.717) is 18.8 Å². The minimum atomic E-state index is -3.02. The second-order valence-corrected chi connectivity index (χ2v) is 9.55. The Balaban J connectivity index is 1.49. The van der Waals surface area contributed by atoms with Crippen LogP contribution in [-0.4, -0.2) is 37.8 Å². The third-order valence-corrected chi connectivity index (χ3v) is 6.66. The fourth-order valence-electron chi connectivity index (χ4n) is 3.18. The molecule has 3 unspecified atom stereocenters. The van der Waals surface area contributed by atoms with Crippen molar-refractivity contribution in [3.8, 4) is 0 Å². The maximum atomic E-state index is 12.3. The van der Waals surface area contributed by atoms with Crippen molar-refractivity contribution in [1.82, 2.24) is 5.32 Å². The molecule has 25 heavy (non-hydrogen) atoms. The van der Waals surface area contributed by atoms with Crippen molar-refractivity contribution >= 4 is 27.3 Å². The molecule has 2 amide bonds. The van der Waals surface area contributed by atoms with E-state index in [-0.39, 0.29) is 41.2 Å². The predicted molar refractivity (Wildman–Crippen MR) is 96.0 cm³/mol. The molecule has 1 saturated heterocycles. The summed E-state index contributed by atoms with van der Waals surface area (Å²) in [6.07, 6.45) is 0.973. The maximum Gasteiger partial charge on any atom is 0.228 e. The first-order valence-corrected chi connectivity index (χ1v) is 10.5. The Bertz CT molecular complexity index is 771. The van der Waals surface area contributed by atoms with E-state index in [0.717, 1.165) is 5.69 Å². The normalized spacial score (nSPS) is 27.1. The average Bonchev–Trinajstić information content (AvgIpc) is 3.27. The lowest BCUT2D eigenvalue weighted by Crippen LogP contribution is -2.37. The zero-order chi connectivity index (χ0) is 18.2. The van der Waals surface area contributed by atoms with Crippen LogP contribution in [0.3, 0.4) is 0 Å². The molecule has 2 fully saturated rings. The van der Waals surface area contributed by atoms with Gasteiger partial charge in [-0.3, -0.25) is 9.59 Å². The minimum Gasteiger partial charge on any atom is -0.352 e. The third kappa shape index (κ3) is 4.39. The molecular weight excluding hydrogens is 340 g/mol. The Labute approximate surface area is 148 Å². The van der Waals surface area contributed by atoms with Crippen LogP contribution in [0.15, 0.2) is 24.3 Å². The highest BCUT2D eigenvalue weighted by molar-refractivity contribution is 7.91. The van der Waals surface area contributed by atoms with Gasteiger partial charge in [-0.15, -0.1) is 0 Å². The van der Waals surface area contributed by atoms with Gasteiger partial charge in [0.1, 0.15) is 0 Å². The highest BCUT2D eigenvalue weighted by atomic mass is 32.2. The second-order valence-electron chi connectivity index (χ2n) is 7.32. The maximum absolute atomic E-state index is 12.3. The quantitative estimate of drug-likeness (QED) is 0.831. The number of sulfone groups is 1. The van der Waals surface area contributed by atoms with Gasteiger partial charge >= 0.3 is 0 Å². The molecule has 1 heterocycles. The van der Waals surface area contributed by atoms with E-state index in [1.54, 1.807) is 0 Å². The first-order valence-electron chi connectivity index (χ1n) is 8.67. The smallest absolute Gasteiger partial charge is 0.228 e. The first-order chi connectivity index (χ1) is 11.7.